The maximum atomic E-state index is 12.5. The lowest BCUT2D eigenvalue weighted by Gasteiger charge is -2.06. The van der Waals surface area contributed by atoms with Gasteiger partial charge < -0.3 is 0 Å². The fourth-order valence-corrected chi connectivity index (χ4v) is 2.94. The smallest absolute Gasteiger partial charge is 0.194 e. The van der Waals surface area contributed by atoms with Gasteiger partial charge in [0.05, 0.1) is 10.2 Å². The summed E-state index contributed by atoms with van der Waals surface area (Å²) in [6.45, 7) is 4.29. The second-order valence-electron chi connectivity index (χ2n) is 5.13. The van der Waals surface area contributed by atoms with Gasteiger partial charge in [-0.15, -0.1) is 11.3 Å². The molecule has 0 atom stereocenters. The van der Waals surface area contributed by atoms with E-state index in [1.165, 1.54) is 5.56 Å². The number of carbonyl (C=O) groups is 1. The van der Waals surface area contributed by atoms with E-state index in [9.17, 15) is 4.79 Å². The first-order chi connectivity index (χ1) is 9.65. The van der Waals surface area contributed by atoms with Crippen LogP contribution in [0.4, 0.5) is 0 Å². The Kier molecular flexibility index (Phi) is 3.36. The number of hydrogen-bond acceptors (Lipinski definition) is 3. The van der Waals surface area contributed by atoms with Crippen LogP contribution in [0.1, 0.15) is 41.3 Å². The van der Waals surface area contributed by atoms with Crippen LogP contribution in [0.15, 0.2) is 48.0 Å². The summed E-state index contributed by atoms with van der Waals surface area (Å²) in [6.07, 6.45) is 1.66. The van der Waals surface area contributed by atoms with Gasteiger partial charge in [-0.05, 0) is 29.0 Å². The molecule has 0 fully saturated rings. The third kappa shape index (κ3) is 2.37. The molecule has 0 saturated heterocycles. The van der Waals surface area contributed by atoms with Crippen molar-refractivity contribution in [3.63, 3.8) is 0 Å². The Balaban J connectivity index is 1.94. The van der Waals surface area contributed by atoms with E-state index in [1.54, 1.807) is 17.5 Å². The number of thiophene rings is 1. The highest BCUT2D eigenvalue weighted by molar-refractivity contribution is 7.17. The molecule has 100 valence electrons. The number of ketones is 1. The van der Waals surface area contributed by atoms with E-state index in [2.05, 4.69) is 18.8 Å². The first kappa shape index (κ1) is 13.0. The molecule has 2 aromatic heterocycles. The Hall–Kier alpha value is -2.00. The second kappa shape index (κ2) is 5.17. The van der Waals surface area contributed by atoms with Gasteiger partial charge in [-0.1, -0.05) is 38.1 Å². The number of pyridine rings is 1. The average molecular weight is 281 g/mol. The Morgan fingerprint density at radius 3 is 2.55 bits per heavy atom. The predicted molar refractivity (Wildman–Crippen MR) is 83.6 cm³/mol. The Morgan fingerprint density at radius 1 is 1.10 bits per heavy atom. The molecule has 0 aliphatic rings. The summed E-state index contributed by atoms with van der Waals surface area (Å²) in [5, 5.41) is 1.99. The summed E-state index contributed by atoms with van der Waals surface area (Å²) < 4.78 is 1.05. The fourth-order valence-electron chi connectivity index (χ4n) is 2.16. The highest BCUT2D eigenvalue weighted by atomic mass is 32.1. The van der Waals surface area contributed by atoms with E-state index in [4.69, 9.17) is 0 Å². The van der Waals surface area contributed by atoms with Crippen molar-refractivity contribution in [1.82, 2.24) is 4.98 Å². The number of carbonyl (C=O) groups excluding carboxylic acids is 1. The standard InChI is InChI=1S/C17H15NOS/c1-11(2)12-3-5-13(6-4-12)17(19)14-9-16-15(18-10-14)7-8-20-16/h3-11H,1-2H3. The molecule has 1 aromatic carbocycles. The SMILES string of the molecule is CC(C)c1ccc(C(=O)c2cnc3ccsc3c2)cc1. The van der Waals surface area contributed by atoms with Crippen LogP contribution in [0.25, 0.3) is 10.2 Å². The highest BCUT2D eigenvalue weighted by Crippen LogP contribution is 2.22. The van der Waals surface area contributed by atoms with Gasteiger partial charge in [-0.25, -0.2) is 0 Å². The molecule has 2 heterocycles. The van der Waals surface area contributed by atoms with Gasteiger partial charge in [0.1, 0.15) is 0 Å². The molecule has 0 unspecified atom stereocenters. The zero-order valence-corrected chi connectivity index (χ0v) is 12.3. The molecule has 0 aliphatic heterocycles. The largest absolute Gasteiger partial charge is 0.289 e. The normalized spacial score (nSPS) is 11.2. The number of aromatic nitrogens is 1. The summed E-state index contributed by atoms with van der Waals surface area (Å²) in [5.41, 5.74) is 3.56. The van der Waals surface area contributed by atoms with Crippen molar-refractivity contribution >= 4 is 27.3 Å². The lowest BCUT2D eigenvalue weighted by atomic mass is 9.99. The minimum absolute atomic E-state index is 0.0307. The minimum atomic E-state index is 0.0307. The van der Waals surface area contributed by atoms with E-state index in [0.717, 1.165) is 10.2 Å². The molecule has 0 aliphatic carbocycles. The van der Waals surface area contributed by atoms with Crippen molar-refractivity contribution in [3.05, 3.63) is 64.7 Å². The number of hydrogen-bond donors (Lipinski definition) is 0. The van der Waals surface area contributed by atoms with Gasteiger partial charge in [0.2, 0.25) is 0 Å². The maximum Gasteiger partial charge on any atom is 0.194 e. The van der Waals surface area contributed by atoms with E-state index in [1.807, 2.05) is 41.8 Å². The molecule has 3 aromatic rings. The third-order valence-corrected chi connectivity index (χ3v) is 4.26. The molecular weight excluding hydrogens is 266 g/mol. The van der Waals surface area contributed by atoms with Gasteiger partial charge in [-0.3, -0.25) is 9.78 Å². The lowest BCUT2D eigenvalue weighted by Crippen LogP contribution is -2.02. The topological polar surface area (TPSA) is 30.0 Å². The summed E-state index contributed by atoms with van der Waals surface area (Å²) >= 11 is 1.61. The summed E-state index contributed by atoms with van der Waals surface area (Å²) in [6, 6.07) is 11.7. The van der Waals surface area contributed by atoms with Gasteiger partial charge in [0.25, 0.3) is 0 Å². The maximum absolute atomic E-state index is 12.5. The minimum Gasteiger partial charge on any atom is -0.289 e. The van der Waals surface area contributed by atoms with E-state index < -0.39 is 0 Å². The first-order valence-electron chi connectivity index (χ1n) is 6.63. The van der Waals surface area contributed by atoms with Crippen molar-refractivity contribution in [2.75, 3.05) is 0 Å². The molecule has 0 N–H and O–H groups in total. The van der Waals surface area contributed by atoms with E-state index in [-0.39, 0.29) is 5.78 Å². The quantitative estimate of drug-likeness (QED) is 0.654. The molecule has 2 nitrogen and oxygen atoms in total. The Labute approximate surface area is 122 Å². The van der Waals surface area contributed by atoms with Crippen molar-refractivity contribution in [2.45, 2.75) is 19.8 Å². The zero-order valence-electron chi connectivity index (χ0n) is 11.5. The van der Waals surface area contributed by atoms with Crippen LogP contribution in [0.3, 0.4) is 0 Å². The summed E-state index contributed by atoms with van der Waals surface area (Å²) in [7, 11) is 0. The van der Waals surface area contributed by atoms with Crippen molar-refractivity contribution in [1.29, 1.82) is 0 Å². The predicted octanol–water partition coefficient (Wildman–Crippen LogP) is 4.65. The molecule has 0 bridgehead atoms. The molecule has 0 spiro atoms. The van der Waals surface area contributed by atoms with Crippen LogP contribution in [0.2, 0.25) is 0 Å². The molecule has 3 heteroatoms. The van der Waals surface area contributed by atoms with Crippen LogP contribution in [0, 0.1) is 0 Å². The number of nitrogens with zero attached hydrogens (tertiary/aromatic N) is 1. The van der Waals surface area contributed by atoms with Gasteiger partial charge in [0.15, 0.2) is 5.78 Å². The van der Waals surface area contributed by atoms with Gasteiger partial charge in [0, 0.05) is 17.3 Å². The fraction of sp³-hybridized carbons (Fsp3) is 0.176. The van der Waals surface area contributed by atoms with Crippen molar-refractivity contribution < 1.29 is 4.79 Å². The average Bonchev–Trinajstić information content (AvgIpc) is 2.94. The van der Waals surface area contributed by atoms with E-state index >= 15 is 0 Å². The van der Waals surface area contributed by atoms with Gasteiger partial charge in [-0.2, -0.15) is 0 Å². The highest BCUT2D eigenvalue weighted by Gasteiger charge is 2.11. The van der Waals surface area contributed by atoms with E-state index in [0.29, 0.717) is 17.0 Å². The van der Waals surface area contributed by atoms with Crippen LogP contribution in [-0.4, -0.2) is 10.8 Å². The number of benzene rings is 1. The molecule has 0 radical (unpaired) electrons. The molecule has 20 heavy (non-hydrogen) atoms. The summed E-state index contributed by atoms with van der Waals surface area (Å²) in [5.74, 6) is 0.506. The second-order valence-corrected chi connectivity index (χ2v) is 6.08. The molecule has 3 rings (SSSR count). The molecular formula is C17H15NOS. The van der Waals surface area contributed by atoms with Crippen LogP contribution in [-0.2, 0) is 0 Å². The zero-order chi connectivity index (χ0) is 14.1. The first-order valence-corrected chi connectivity index (χ1v) is 7.51. The van der Waals surface area contributed by atoms with Crippen molar-refractivity contribution in [3.8, 4) is 0 Å². The lowest BCUT2D eigenvalue weighted by molar-refractivity contribution is 0.103. The molecule has 0 saturated carbocycles. The molecule has 0 amide bonds. The van der Waals surface area contributed by atoms with Gasteiger partial charge >= 0.3 is 0 Å². The van der Waals surface area contributed by atoms with Crippen molar-refractivity contribution in [2.24, 2.45) is 0 Å². The van der Waals surface area contributed by atoms with Crippen LogP contribution in [0.5, 0.6) is 0 Å². The monoisotopic (exact) mass is 281 g/mol. The number of fused-ring (bicyclic) bond motifs is 1. The van der Waals surface area contributed by atoms with Crippen LogP contribution < -0.4 is 0 Å². The third-order valence-electron chi connectivity index (χ3n) is 3.40. The Bertz CT molecular complexity index is 756. The number of rotatable bonds is 3. The Morgan fingerprint density at radius 2 is 1.85 bits per heavy atom. The summed E-state index contributed by atoms with van der Waals surface area (Å²) in [4.78, 5) is 16.8. The van der Waals surface area contributed by atoms with Crippen LogP contribution >= 0.6 is 11.3 Å².